The molecule has 0 saturated carbocycles. The lowest BCUT2D eigenvalue weighted by atomic mass is 10.2. The molecule has 3 rings (SSSR count). The number of Topliss-reactive ketones (excluding diaryl/α,β-unsaturated/α-hetero) is 1. The fraction of sp³-hybridized carbons (Fsp3) is 0.158. The molecule has 5 nitrogen and oxygen atoms in total. The van der Waals surface area contributed by atoms with Crippen LogP contribution in [0.15, 0.2) is 63.3 Å². The van der Waals surface area contributed by atoms with Crippen LogP contribution in [0.5, 0.6) is 0 Å². The van der Waals surface area contributed by atoms with Crippen molar-refractivity contribution in [1.82, 2.24) is 10.2 Å². The van der Waals surface area contributed by atoms with Gasteiger partial charge in [-0.25, -0.2) is 0 Å². The molecule has 8 heteroatoms. The van der Waals surface area contributed by atoms with Crippen LogP contribution in [0.1, 0.15) is 15.9 Å². The van der Waals surface area contributed by atoms with Crippen molar-refractivity contribution in [3.8, 4) is 0 Å². The fourth-order valence-corrected chi connectivity index (χ4v) is 4.82. The summed E-state index contributed by atoms with van der Waals surface area (Å²) in [7, 11) is 0. The van der Waals surface area contributed by atoms with Gasteiger partial charge in [0.05, 0.1) is 11.5 Å². The van der Waals surface area contributed by atoms with Crippen LogP contribution in [-0.2, 0) is 4.79 Å². The van der Waals surface area contributed by atoms with Crippen molar-refractivity contribution in [1.29, 1.82) is 0 Å². The first-order valence-corrected chi connectivity index (χ1v) is 10.9. The molecule has 1 amide bonds. The Morgan fingerprint density at radius 2 is 1.56 bits per heavy atom. The highest BCUT2D eigenvalue weighted by atomic mass is 32.2. The van der Waals surface area contributed by atoms with E-state index in [2.05, 4.69) is 15.5 Å². The van der Waals surface area contributed by atoms with Crippen molar-refractivity contribution in [2.75, 3.05) is 16.8 Å². The highest BCUT2D eigenvalue weighted by Gasteiger charge is 2.11. The Morgan fingerprint density at radius 3 is 2.22 bits per heavy atom. The number of carbonyl (C=O) groups excluding carboxylic acids is 2. The zero-order valence-corrected chi connectivity index (χ0v) is 17.0. The molecular formula is C19H17N3O2S3. The average Bonchev–Trinajstić information content (AvgIpc) is 3.15. The minimum absolute atomic E-state index is 0.0579. The molecule has 0 saturated heterocycles. The number of amides is 1. The van der Waals surface area contributed by atoms with Crippen molar-refractivity contribution in [3.63, 3.8) is 0 Å². The van der Waals surface area contributed by atoms with Gasteiger partial charge in [-0.15, -0.1) is 10.2 Å². The second-order valence-electron chi connectivity index (χ2n) is 5.61. The van der Waals surface area contributed by atoms with Gasteiger partial charge in [0.25, 0.3) is 0 Å². The summed E-state index contributed by atoms with van der Waals surface area (Å²) in [5, 5.41) is 11.0. The Morgan fingerprint density at radius 1 is 0.926 bits per heavy atom. The summed E-state index contributed by atoms with van der Waals surface area (Å²) in [4.78, 5) is 24.1. The molecule has 1 N–H and O–H groups in total. The molecule has 138 valence electrons. The third-order valence-electron chi connectivity index (χ3n) is 3.47. The van der Waals surface area contributed by atoms with Crippen molar-refractivity contribution in [2.24, 2.45) is 0 Å². The first-order valence-electron chi connectivity index (χ1n) is 8.14. The number of hydrogen-bond acceptors (Lipinski definition) is 7. The monoisotopic (exact) mass is 415 g/mol. The number of aryl methyl sites for hydroxylation is 1. The zero-order chi connectivity index (χ0) is 19.1. The molecule has 0 radical (unpaired) electrons. The molecule has 1 aromatic heterocycles. The molecule has 0 aliphatic heterocycles. The Labute approximate surface area is 170 Å². The van der Waals surface area contributed by atoms with Gasteiger partial charge in [0, 0.05) is 11.3 Å². The summed E-state index contributed by atoms with van der Waals surface area (Å²) in [5.41, 5.74) is 2.61. The van der Waals surface area contributed by atoms with E-state index >= 15 is 0 Å². The van der Waals surface area contributed by atoms with Gasteiger partial charge in [-0.2, -0.15) is 0 Å². The highest BCUT2D eigenvalue weighted by Crippen LogP contribution is 2.29. The van der Waals surface area contributed by atoms with E-state index < -0.39 is 0 Å². The van der Waals surface area contributed by atoms with Gasteiger partial charge in [-0.1, -0.05) is 82.9 Å². The van der Waals surface area contributed by atoms with Crippen LogP contribution < -0.4 is 5.32 Å². The van der Waals surface area contributed by atoms with Crippen LogP contribution >= 0.6 is 34.9 Å². The predicted octanol–water partition coefficient (Wildman–Crippen LogP) is 4.55. The summed E-state index contributed by atoms with van der Waals surface area (Å²) < 4.78 is 1.43. The molecule has 0 fully saturated rings. The number of hydrogen-bond donors (Lipinski definition) is 1. The number of rotatable bonds is 8. The van der Waals surface area contributed by atoms with E-state index in [9.17, 15) is 9.59 Å². The molecule has 3 aromatic rings. The maximum atomic E-state index is 12.1. The number of anilines is 1. The van der Waals surface area contributed by atoms with E-state index in [1.54, 1.807) is 12.1 Å². The number of nitrogens with one attached hydrogen (secondary N) is 1. The van der Waals surface area contributed by atoms with Crippen molar-refractivity contribution in [3.05, 3.63) is 65.7 Å². The van der Waals surface area contributed by atoms with Crippen LogP contribution in [0.3, 0.4) is 0 Å². The number of ketones is 1. The van der Waals surface area contributed by atoms with E-state index in [0.29, 0.717) is 15.7 Å². The second kappa shape index (κ2) is 9.68. The minimum atomic E-state index is -0.0903. The molecule has 2 aromatic carbocycles. The number of aromatic nitrogens is 2. The van der Waals surface area contributed by atoms with Crippen LogP contribution in [0, 0.1) is 6.92 Å². The Kier molecular flexibility index (Phi) is 7.03. The maximum Gasteiger partial charge on any atom is 0.234 e. The molecular weight excluding hydrogens is 398 g/mol. The molecule has 0 bridgehead atoms. The van der Waals surface area contributed by atoms with Crippen LogP contribution in [0.4, 0.5) is 5.69 Å². The summed E-state index contributed by atoms with van der Waals surface area (Å²) in [5.74, 6) is 0.544. The lowest BCUT2D eigenvalue weighted by molar-refractivity contribution is -0.113. The third-order valence-corrected chi connectivity index (χ3v) is 6.66. The number of thioether (sulfide) groups is 2. The normalized spacial score (nSPS) is 10.6. The number of carbonyl (C=O) groups is 2. The molecule has 0 atom stereocenters. The van der Waals surface area contributed by atoms with Crippen LogP contribution in [0.2, 0.25) is 0 Å². The summed E-state index contributed by atoms with van der Waals surface area (Å²) in [6.45, 7) is 2.00. The van der Waals surface area contributed by atoms with E-state index in [0.717, 1.165) is 15.6 Å². The predicted molar refractivity (Wildman–Crippen MR) is 112 cm³/mol. The molecule has 0 aliphatic carbocycles. The number of nitrogens with zero attached hydrogens (tertiary/aromatic N) is 2. The van der Waals surface area contributed by atoms with Gasteiger partial charge in [0.2, 0.25) is 5.91 Å². The summed E-state index contributed by atoms with van der Waals surface area (Å²) >= 11 is 4.09. The molecule has 0 spiro atoms. The lowest BCUT2D eigenvalue weighted by Gasteiger charge is -2.04. The van der Waals surface area contributed by atoms with Gasteiger partial charge < -0.3 is 5.32 Å². The van der Waals surface area contributed by atoms with Gasteiger partial charge in [0.1, 0.15) is 0 Å². The lowest BCUT2D eigenvalue weighted by Crippen LogP contribution is -2.13. The van der Waals surface area contributed by atoms with Gasteiger partial charge >= 0.3 is 0 Å². The van der Waals surface area contributed by atoms with Gasteiger partial charge in [-0.05, 0) is 19.1 Å². The first-order chi connectivity index (χ1) is 13.1. The molecule has 0 aliphatic rings. The molecule has 1 heterocycles. The maximum absolute atomic E-state index is 12.1. The van der Waals surface area contributed by atoms with Crippen molar-refractivity contribution >= 4 is 52.2 Å². The first kappa shape index (κ1) is 19.6. The summed E-state index contributed by atoms with van der Waals surface area (Å²) in [6, 6.07) is 16.8. The van der Waals surface area contributed by atoms with Gasteiger partial charge in [0.15, 0.2) is 14.5 Å². The topological polar surface area (TPSA) is 72.0 Å². The fourth-order valence-electron chi connectivity index (χ4n) is 2.11. The standard InChI is InChI=1S/C19H17N3O2S3/c1-13-7-9-15(10-8-13)20-17(24)12-26-19-22-21-18(27-19)25-11-16(23)14-5-3-2-4-6-14/h2-10H,11-12H2,1H3,(H,20,24). The summed E-state index contributed by atoms with van der Waals surface area (Å²) in [6.07, 6.45) is 0. The van der Waals surface area contributed by atoms with E-state index in [-0.39, 0.29) is 17.4 Å². The minimum Gasteiger partial charge on any atom is -0.325 e. The largest absolute Gasteiger partial charge is 0.325 e. The van der Waals surface area contributed by atoms with Crippen LogP contribution in [0.25, 0.3) is 0 Å². The molecule has 0 unspecified atom stereocenters. The average molecular weight is 416 g/mol. The second-order valence-corrected chi connectivity index (χ2v) is 9.04. The van der Waals surface area contributed by atoms with E-state index in [4.69, 9.17) is 0 Å². The highest BCUT2D eigenvalue weighted by molar-refractivity contribution is 8.03. The quantitative estimate of drug-likeness (QED) is 0.430. The Bertz CT molecular complexity index is 911. The van der Waals surface area contributed by atoms with Crippen molar-refractivity contribution < 1.29 is 9.59 Å². The van der Waals surface area contributed by atoms with Gasteiger partial charge in [-0.3, -0.25) is 9.59 Å². The molecule has 27 heavy (non-hydrogen) atoms. The smallest absolute Gasteiger partial charge is 0.234 e. The van der Waals surface area contributed by atoms with E-state index in [1.807, 2.05) is 49.4 Å². The SMILES string of the molecule is Cc1ccc(NC(=O)CSc2nnc(SCC(=O)c3ccccc3)s2)cc1. The van der Waals surface area contributed by atoms with E-state index in [1.165, 1.54) is 34.9 Å². The van der Waals surface area contributed by atoms with Crippen LogP contribution in [-0.4, -0.2) is 33.4 Å². The Hall–Kier alpha value is -2.16. The number of benzene rings is 2. The zero-order valence-electron chi connectivity index (χ0n) is 14.5. The third kappa shape index (κ3) is 6.20. The van der Waals surface area contributed by atoms with Crippen molar-refractivity contribution in [2.45, 2.75) is 15.6 Å². The Balaban J connectivity index is 1.44.